The molecule has 3 aliphatic rings. The highest BCUT2D eigenvalue weighted by atomic mass is 16.7. The molecule has 15 heteroatoms. The second-order valence-corrected chi connectivity index (χ2v) is 8.26. The summed E-state index contributed by atoms with van der Waals surface area (Å²) in [5, 5.41) is 98.7. The lowest BCUT2D eigenvalue weighted by molar-refractivity contribution is -0.348. The minimum atomic E-state index is -1.84. The SMILES string of the molecule is OC[C@H]1O[C@H](OC[C@H]2OC(O)[C@@H](O)[C@@H](O[C@@H]3C[C@@H](O)[C@H](O)[C@@H](CO)O3)[C@@H]2O)[C@@H](O)[C@@H](O)[C@@H]1O. The van der Waals surface area contributed by atoms with Crippen molar-refractivity contribution in [1.29, 1.82) is 0 Å². The second kappa shape index (κ2) is 11.4. The number of aliphatic hydroxyl groups is 10. The van der Waals surface area contributed by atoms with E-state index in [1.165, 1.54) is 0 Å². The highest BCUT2D eigenvalue weighted by Gasteiger charge is 2.49. The zero-order valence-electron chi connectivity index (χ0n) is 17.4. The van der Waals surface area contributed by atoms with E-state index >= 15 is 0 Å². The molecule has 0 spiro atoms. The van der Waals surface area contributed by atoms with Gasteiger partial charge in [0.15, 0.2) is 18.9 Å². The van der Waals surface area contributed by atoms with Crippen molar-refractivity contribution < 1.29 is 74.7 Å². The summed E-state index contributed by atoms with van der Waals surface area (Å²) in [4.78, 5) is 0. The Morgan fingerprint density at radius 1 is 0.636 bits per heavy atom. The molecule has 0 bridgehead atoms. The van der Waals surface area contributed by atoms with Crippen LogP contribution in [0.1, 0.15) is 6.42 Å². The summed E-state index contributed by atoms with van der Waals surface area (Å²) in [6, 6.07) is 0. The molecule has 0 radical (unpaired) electrons. The minimum Gasteiger partial charge on any atom is -0.394 e. The Bertz CT molecular complexity index is 609. The Balaban J connectivity index is 1.62. The van der Waals surface area contributed by atoms with E-state index in [1.54, 1.807) is 0 Å². The number of hydrogen-bond acceptors (Lipinski definition) is 15. The van der Waals surface area contributed by atoms with Gasteiger partial charge in [-0.2, -0.15) is 0 Å². The van der Waals surface area contributed by atoms with E-state index in [9.17, 15) is 51.1 Å². The highest BCUT2D eigenvalue weighted by Crippen LogP contribution is 2.29. The van der Waals surface area contributed by atoms with Crippen LogP contribution in [0, 0.1) is 0 Å². The molecule has 0 aromatic rings. The maximum Gasteiger partial charge on any atom is 0.186 e. The van der Waals surface area contributed by atoms with E-state index in [-0.39, 0.29) is 6.42 Å². The lowest BCUT2D eigenvalue weighted by atomic mass is 9.97. The van der Waals surface area contributed by atoms with Gasteiger partial charge in [-0.15, -0.1) is 0 Å². The maximum atomic E-state index is 10.6. The standard InChI is InChI=1S/C18H32O15/c19-2-6-10(22)5(21)1-9(30-6)33-16-12(24)8(31-17(28)15(16)27)4-29-18-14(26)13(25)11(23)7(3-20)32-18/h5-28H,1-4H2/t5-,6-,7-,8-,9-,10+,11-,12-,13+,14+,15+,16+,17?,18+/m1/s1. The predicted molar refractivity (Wildman–Crippen MR) is 99.9 cm³/mol. The lowest BCUT2D eigenvalue weighted by Gasteiger charge is -2.44. The van der Waals surface area contributed by atoms with Gasteiger partial charge in [-0.3, -0.25) is 0 Å². The Morgan fingerprint density at radius 3 is 1.91 bits per heavy atom. The summed E-state index contributed by atoms with van der Waals surface area (Å²) < 4.78 is 26.4. The molecule has 194 valence electrons. The zero-order chi connectivity index (χ0) is 24.4. The predicted octanol–water partition coefficient (Wildman–Crippen LogP) is -6.54. The van der Waals surface area contributed by atoms with E-state index in [2.05, 4.69) is 0 Å². The van der Waals surface area contributed by atoms with Crippen molar-refractivity contribution >= 4 is 0 Å². The fraction of sp³-hybridized carbons (Fsp3) is 1.00. The van der Waals surface area contributed by atoms with Gasteiger partial charge in [0.1, 0.15) is 61.0 Å². The summed E-state index contributed by atoms with van der Waals surface area (Å²) >= 11 is 0. The topological polar surface area (TPSA) is 248 Å². The minimum absolute atomic E-state index is 0.253. The van der Waals surface area contributed by atoms with Gasteiger partial charge in [0.05, 0.1) is 25.9 Å². The van der Waals surface area contributed by atoms with Gasteiger partial charge in [0.2, 0.25) is 0 Å². The first kappa shape index (κ1) is 27.0. The van der Waals surface area contributed by atoms with Gasteiger partial charge < -0.3 is 74.7 Å². The van der Waals surface area contributed by atoms with Crippen molar-refractivity contribution in [3.63, 3.8) is 0 Å². The van der Waals surface area contributed by atoms with Crippen LogP contribution >= 0.6 is 0 Å². The monoisotopic (exact) mass is 488 g/mol. The molecule has 3 saturated heterocycles. The van der Waals surface area contributed by atoms with E-state index < -0.39 is 106 Å². The van der Waals surface area contributed by atoms with Crippen molar-refractivity contribution in [3.05, 3.63) is 0 Å². The fourth-order valence-corrected chi connectivity index (χ4v) is 3.94. The molecule has 0 aromatic heterocycles. The van der Waals surface area contributed by atoms with Crippen LogP contribution in [0.15, 0.2) is 0 Å². The summed E-state index contributed by atoms with van der Waals surface area (Å²) in [5.74, 6) is 0. The second-order valence-electron chi connectivity index (χ2n) is 8.26. The van der Waals surface area contributed by atoms with Crippen LogP contribution in [0.4, 0.5) is 0 Å². The molecule has 0 amide bonds. The zero-order valence-corrected chi connectivity index (χ0v) is 17.4. The van der Waals surface area contributed by atoms with Crippen LogP contribution in [0.5, 0.6) is 0 Å². The molecule has 3 fully saturated rings. The fourth-order valence-electron chi connectivity index (χ4n) is 3.94. The van der Waals surface area contributed by atoms with Crippen molar-refractivity contribution in [2.24, 2.45) is 0 Å². The van der Waals surface area contributed by atoms with Crippen LogP contribution in [0.25, 0.3) is 0 Å². The molecule has 14 atom stereocenters. The quantitative estimate of drug-likeness (QED) is 0.160. The normalized spacial score (nSPS) is 51.5. The van der Waals surface area contributed by atoms with Crippen LogP contribution in [0.2, 0.25) is 0 Å². The van der Waals surface area contributed by atoms with Gasteiger partial charge >= 0.3 is 0 Å². The average molecular weight is 488 g/mol. The number of ether oxygens (including phenoxy) is 5. The molecule has 3 rings (SSSR count). The van der Waals surface area contributed by atoms with Gasteiger partial charge in [0, 0.05) is 6.42 Å². The molecule has 0 aromatic carbocycles. The molecular weight excluding hydrogens is 456 g/mol. The summed E-state index contributed by atoms with van der Waals surface area (Å²) in [5.41, 5.74) is 0. The van der Waals surface area contributed by atoms with E-state index in [4.69, 9.17) is 23.7 Å². The molecule has 0 saturated carbocycles. The Morgan fingerprint density at radius 2 is 1.27 bits per heavy atom. The summed E-state index contributed by atoms with van der Waals surface area (Å²) in [6.07, 6.45) is -21.2. The Labute approximate surface area is 187 Å². The van der Waals surface area contributed by atoms with Crippen molar-refractivity contribution in [2.45, 2.75) is 92.4 Å². The largest absolute Gasteiger partial charge is 0.394 e. The van der Waals surface area contributed by atoms with E-state index in [0.29, 0.717) is 0 Å². The van der Waals surface area contributed by atoms with Gasteiger partial charge in [-0.05, 0) is 0 Å². The van der Waals surface area contributed by atoms with Gasteiger partial charge in [-0.1, -0.05) is 0 Å². The lowest BCUT2D eigenvalue weighted by Crippen LogP contribution is -2.63. The van der Waals surface area contributed by atoms with Crippen LogP contribution < -0.4 is 0 Å². The Hall–Kier alpha value is -0.600. The van der Waals surface area contributed by atoms with Crippen molar-refractivity contribution in [3.8, 4) is 0 Å². The first-order valence-electron chi connectivity index (χ1n) is 10.5. The third-order valence-electron chi connectivity index (χ3n) is 5.96. The number of rotatable bonds is 7. The molecule has 15 nitrogen and oxygen atoms in total. The van der Waals surface area contributed by atoms with Gasteiger partial charge in [0.25, 0.3) is 0 Å². The summed E-state index contributed by atoms with van der Waals surface area (Å²) in [7, 11) is 0. The molecule has 33 heavy (non-hydrogen) atoms. The molecule has 3 aliphatic heterocycles. The van der Waals surface area contributed by atoms with Crippen LogP contribution in [-0.4, -0.2) is 157 Å². The first-order chi connectivity index (χ1) is 15.6. The highest BCUT2D eigenvalue weighted by molar-refractivity contribution is 4.93. The van der Waals surface area contributed by atoms with Crippen LogP contribution in [0.3, 0.4) is 0 Å². The van der Waals surface area contributed by atoms with Gasteiger partial charge in [-0.25, -0.2) is 0 Å². The molecule has 1 unspecified atom stereocenters. The van der Waals surface area contributed by atoms with E-state index in [0.717, 1.165) is 0 Å². The third-order valence-corrected chi connectivity index (χ3v) is 5.96. The number of hydrogen-bond donors (Lipinski definition) is 10. The molecule has 3 heterocycles. The molecule has 0 aliphatic carbocycles. The van der Waals surface area contributed by atoms with Crippen LogP contribution in [-0.2, 0) is 23.7 Å². The van der Waals surface area contributed by atoms with Crippen molar-refractivity contribution in [2.75, 3.05) is 19.8 Å². The first-order valence-corrected chi connectivity index (χ1v) is 10.5. The molecular formula is C18H32O15. The Kier molecular flexibility index (Phi) is 9.35. The molecule has 10 N–H and O–H groups in total. The summed E-state index contributed by atoms with van der Waals surface area (Å²) in [6.45, 7) is -1.85. The number of aliphatic hydroxyl groups excluding tert-OH is 10. The van der Waals surface area contributed by atoms with E-state index in [1.807, 2.05) is 0 Å². The maximum absolute atomic E-state index is 10.6. The third kappa shape index (κ3) is 5.80. The smallest absolute Gasteiger partial charge is 0.186 e. The van der Waals surface area contributed by atoms with Crippen molar-refractivity contribution in [1.82, 2.24) is 0 Å². The average Bonchev–Trinajstić information content (AvgIpc) is 2.79.